The van der Waals surface area contributed by atoms with E-state index in [1.165, 1.54) is 83.5 Å². The average molecular weight is 572 g/mol. The normalized spacial score (nSPS) is 12.6. The third-order valence-corrected chi connectivity index (χ3v) is 8.24. The standard InChI is InChI=1S/C36H60O5/c1-3-5-7-9-11-13-14-15-17-19-24-28-33(37)41-36(34(38)35(39)40,31-29-32-26-22-21-23-27-32)30-25-20-18-16-12-10-8-6-4-2/h21-23,26-27H,3-20,24-25,28-31H2,1-2H3,(H,39,40)/p-1/t36-/m1/s1. The minimum absolute atomic E-state index is 0.158. The number of benzene rings is 1. The maximum atomic E-state index is 13.0. The minimum Gasteiger partial charge on any atom is -0.542 e. The second kappa shape index (κ2) is 24.4. The Bertz CT molecular complexity index is 805. The number of esters is 1. The molecule has 5 heteroatoms. The zero-order valence-electron chi connectivity index (χ0n) is 26.4. The van der Waals surface area contributed by atoms with Gasteiger partial charge in [0.25, 0.3) is 0 Å². The van der Waals surface area contributed by atoms with Crippen molar-refractivity contribution in [2.24, 2.45) is 0 Å². The number of unbranched alkanes of at least 4 members (excludes halogenated alkanes) is 18. The molecule has 0 unspecified atom stereocenters. The molecule has 0 saturated heterocycles. The fourth-order valence-electron chi connectivity index (χ4n) is 5.60. The van der Waals surface area contributed by atoms with Crippen LogP contribution >= 0.6 is 0 Å². The molecule has 1 atom stereocenters. The highest BCUT2D eigenvalue weighted by atomic mass is 16.6. The highest BCUT2D eigenvalue weighted by Crippen LogP contribution is 2.29. The summed E-state index contributed by atoms with van der Waals surface area (Å²) in [7, 11) is 0. The fourth-order valence-corrected chi connectivity index (χ4v) is 5.60. The summed E-state index contributed by atoms with van der Waals surface area (Å²) < 4.78 is 5.84. The first-order chi connectivity index (χ1) is 19.9. The number of aryl methyl sites for hydroxylation is 1. The number of rotatable bonds is 28. The number of carbonyl (C=O) groups excluding carboxylic acids is 3. The molecule has 1 aromatic rings. The lowest BCUT2D eigenvalue weighted by Gasteiger charge is -2.33. The number of ketones is 1. The SMILES string of the molecule is CCCCCCCCCCCCCC(=O)O[C@](CCCCCCCCCCC)(CCc1ccccc1)C(=O)C(=O)[O-]. The first-order valence-electron chi connectivity index (χ1n) is 17.0. The molecule has 0 aromatic heterocycles. The van der Waals surface area contributed by atoms with E-state index in [1.807, 2.05) is 30.3 Å². The molecular formula is C36H59O5-. The molecule has 1 aromatic carbocycles. The molecule has 0 saturated carbocycles. The van der Waals surface area contributed by atoms with Crippen LogP contribution in [0.3, 0.4) is 0 Å². The van der Waals surface area contributed by atoms with Gasteiger partial charge in [0.2, 0.25) is 5.78 Å². The molecule has 0 aliphatic rings. The summed E-state index contributed by atoms with van der Waals surface area (Å²) >= 11 is 0. The molecule has 0 amide bonds. The van der Waals surface area contributed by atoms with Gasteiger partial charge < -0.3 is 14.6 Å². The van der Waals surface area contributed by atoms with Crippen LogP contribution in [-0.2, 0) is 25.5 Å². The fraction of sp³-hybridized carbons (Fsp3) is 0.750. The van der Waals surface area contributed by atoms with Crippen LogP contribution in [0.25, 0.3) is 0 Å². The molecule has 0 heterocycles. The minimum atomic E-state index is -1.77. The molecule has 0 bridgehead atoms. The number of carbonyl (C=O) groups is 3. The highest BCUT2D eigenvalue weighted by Gasteiger charge is 2.41. The monoisotopic (exact) mass is 571 g/mol. The van der Waals surface area contributed by atoms with E-state index in [0.29, 0.717) is 19.3 Å². The van der Waals surface area contributed by atoms with E-state index >= 15 is 0 Å². The first-order valence-corrected chi connectivity index (χ1v) is 17.0. The van der Waals surface area contributed by atoms with E-state index in [2.05, 4.69) is 13.8 Å². The summed E-state index contributed by atoms with van der Waals surface area (Å²) in [6, 6.07) is 9.63. The van der Waals surface area contributed by atoms with Crippen LogP contribution in [0.2, 0.25) is 0 Å². The lowest BCUT2D eigenvalue weighted by Crippen LogP contribution is -2.52. The number of ether oxygens (including phenoxy) is 1. The molecule has 41 heavy (non-hydrogen) atoms. The van der Waals surface area contributed by atoms with Gasteiger partial charge in [0.15, 0.2) is 5.60 Å². The summed E-state index contributed by atoms with van der Waals surface area (Å²) in [6.45, 7) is 4.45. The molecule has 0 aliphatic carbocycles. The van der Waals surface area contributed by atoms with Crippen molar-refractivity contribution in [1.29, 1.82) is 0 Å². The van der Waals surface area contributed by atoms with E-state index < -0.39 is 23.3 Å². The molecule has 0 spiro atoms. The molecule has 5 nitrogen and oxygen atoms in total. The Labute approximate surface area is 251 Å². The van der Waals surface area contributed by atoms with Gasteiger partial charge in [-0.2, -0.15) is 0 Å². The van der Waals surface area contributed by atoms with E-state index in [4.69, 9.17) is 4.74 Å². The van der Waals surface area contributed by atoms with Gasteiger partial charge in [-0.25, -0.2) is 0 Å². The zero-order valence-corrected chi connectivity index (χ0v) is 26.4. The number of carboxylic acids is 1. The first kappa shape index (κ1) is 36.9. The van der Waals surface area contributed by atoms with E-state index in [-0.39, 0.29) is 19.3 Å². The average Bonchev–Trinajstić information content (AvgIpc) is 2.97. The van der Waals surface area contributed by atoms with Crippen molar-refractivity contribution in [2.75, 3.05) is 0 Å². The topological polar surface area (TPSA) is 83.5 Å². The maximum Gasteiger partial charge on any atom is 0.306 e. The number of hydrogen-bond donors (Lipinski definition) is 0. The van der Waals surface area contributed by atoms with Crippen molar-refractivity contribution < 1.29 is 24.2 Å². The van der Waals surface area contributed by atoms with E-state index in [1.54, 1.807) is 0 Å². The Morgan fingerprint density at radius 1 is 0.610 bits per heavy atom. The Hall–Kier alpha value is -2.17. The largest absolute Gasteiger partial charge is 0.542 e. The number of hydrogen-bond acceptors (Lipinski definition) is 5. The van der Waals surface area contributed by atoms with Gasteiger partial charge in [-0.3, -0.25) is 9.59 Å². The van der Waals surface area contributed by atoms with Gasteiger partial charge in [0.05, 0.1) is 0 Å². The lowest BCUT2D eigenvalue weighted by molar-refractivity contribution is -0.302. The van der Waals surface area contributed by atoms with E-state index in [9.17, 15) is 19.5 Å². The molecule has 1 rings (SSSR count). The maximum absolute atomic E-state index is 13.0. The van der Waals surface area contributed by atoms with Crippen molar-refractivity contribution in [1.82, 2.24) is 0 Å². The van der Waals surface area contributed by atoms with Gasteiger partial charge in [-0.1, -0.05) is 160 Å². The van der Waals surface area contributed by atoms with Crippen LogP contribution in [0.4, 0.5) is 0 Å². The van der Waals surface area contributed by atoms with Crippen molar-refractivity contribution in [3.05, 3.63) is 35.9 Å². The van der Waals surface area contributed by atoms with Crippen molar-refractivity contribution in [3.8, 4) is 0 Å². The Morgan fingerprint density at radius 3 is 1.51 bits per heavy atom. The van der Waals surface area contributed by atoms with Crippen molar-refractivity contribution in [2.45, 2.75) is 174 Å². The zero-order chi connectivity index (χ0) is 30.0. The van der Waals surface area contributed by atoms with Crippen LogP contribution in [0.1, 0.15) is 167 Å². The number of Topliss-reactive ketones (excluding diaryl/α,β-unsaturated/α-hetero) is 1. The molecule has 234 valence electrons. The third-order valence-electron chi connectivity index (χ3n) is 8.24. The van der Waals surface area contributed by atoms with Crippen LogP contribution in [0.5, 0.6) is 0 Å². The predicted molar refractivity (Wildman–Crippen MR) is 167 cm³/mol. The molecule has 0 fully saturated rings. The number of aliphatic carboxylic acids is 1. The molecular weight excluding hydrogens is 512 g/mol. The summed E-state index contributed by atoms with van der Waals surface area (Å²) in [6.07, 6.45) is 24.0. The van der Waals surface area contributed by atoms with Crippen LogP contribution in [0.15, 0.2) is 30.3 Å². The third kappa shape index (κ3) is 18.1. The van der Waals surface area contributed by atoms with Crippen molar-refractivity contribution in [3.63, 3.8) is 0 Å². The second-order valence-electron chi connectivity index (χ2n) is 11.9. The summed E-state index contributed by atoms with van der Waals surface area (Å²) in [5.41, 5.74) is -0.679. The predicted octanol–water partition coefficient (Wildman–Crippen LogP) is 8.84. The summed E-state index contributed by atoms with van der Waals surface area (Å²) in [4.78, 5) is 37.7. The highest BCUT2D eigenvalue weighted by molar-refractivity contribution is 6.35. The van der Waals surface area contributed by atoms with Crippen LogP contribution in [0, 0.1) is 0 Å². The number of carboxylic acid groups (broad SMARTS) is 1. The Balaban J connectivity index is 2.61. The molecule has 0 N–H and O–H groups in total. The van der Waals surface area contributed by atoms with Gasteiger partial charge in [-0.15, -0.1) is 0 Å². The van der Waals surface area contributed by atoms with Gasteiger partial charge in [-0.05, 0) is 37.7 Å². The van der Waals surface area contributed by atoms with E-state index in [0.717, 1.165) is 37.7 Å². The molecule has 0 radical (unpaired) electrons. The lowest BCUT2D eigenvalue weighted by atomic mass is 9.85. The summed E-state index contributed by atoms with van der Waals surface area (Å²) in [5.74, 6) is -3.34. The summed E-state index contributed by atoms with van der Waals surface area (Å²) in [5, 5.41) is 11.8. The Kier molecular flexibility index (Phi) is 22.0. The van der Waals surface area contributed by atoms with Crippen LogP contribution in [-0.4, -0.2) is 23.3 Å². The van der Waals surface area contributed by atoms with Gasteiger partial charge in [0, 0.05) is 6.42 Å². The van der Waals surface area contributed by atoms with Gasteiger partial charge in [0.1, 0.15) is 5.97 Å². The van der Waals surface area contributed by atoms with Crippen LogP contribution < -0.4 is 5.11 Å². The van der Waals surface area contributed by atoms with Crippen molar-refractivity contribution >= 4 is 17.7 Å². The smallest absolute Gasteiger partial charge is 0.306 e. The van der Waals surface area contributed by atoms with Gasteiger partial charge >= 0.3 is 5.97 Å². The quantitative estimate of drug-likeness (QED) is 0.0570. The second-order valence-corrected chi connectivity index (χ2v) is 11.9. The Morgan fingerprint density at radius 2 is 1.05 bits per heavy atom. The molecule has 0 aliphatic heterocycles.